The number of hydrogen-bond donors (Lipinski definition) is 0. The monoisotopic (exact) mass is 254 g/mol. The summed E-state index contributed by atoms with van der Waals surface area (Å²) in [5, 5.41) is 0. The number of halogens is 2. The molecule has 0 nitrogen and oxygen atoms in total. The molecule has 0 heterocycles. The molecule has 0 aliphatic rings. The Morgan fingerprint density at radius 1 is 0.778 bits per heavy atom. The van der Waals surface area contributed by atoms with Crippen molar-refractivity contribution in [1.82, 2.24) is 0 Å². The molecule has 0 saturated heterocycles. The molecule has 0 fully saturated rings. The lowest BCUT2D eigenvalue weighted by molar-refractivity contribution is 0.506. The Labute approximate surface area is 109 Å². The first kappa shape index (κ1) is 15.1. The van der Waals surface area contributed by atoms with E-state index in [0.29, 0.717) is 0 Å². The smallest absolute Gasteiger partial charge is 0.159 e. The van der Waals surface area contributed by atoms with E-state index in [0.717, 1.165) is 18.4 Å². The lowest BCUT2D eigenvalue weighted by Crippen LogP contribution is -1.90. The summed E-state index contributed by atoms with van der Waals surface area (Å²) in [7, 11) is 0. The molecule has 2 heteroatoms. The molecule has 0 saturated carbocycles. The standard InChI is InChI=1S/C16H24F2/c1-2-3-4-5-6-7-8-9-10-14-11-12-15(17)16(18)13-14/h11-13H,2-10H2,1H3. The third kappa shape index (κ3) is 6.13. The third-order valence-electron chi connectivity index (χ3n) is 3.30. The van der Waals surface area contributed by atoms with Crippen molar-refractivity contribution in [3.8, 4) is 0 Å². The Morgan fingerprint density at radius 2 is 1.39 bits per heavy atom. The van der Waals surface area contributed by atoms with Crippen molar-refractivity contribution in [2.45, 2.75) is 64.7 Å². The van der Waals surface area contributed by atoms with Gasteiger partial charge in [-0.2, -0.15) is 0 Å². The van der Waals surface area contributed by atoms with Gasteiger partial charge in [0.25, 0.3) is 0 Å². The summed E-state index contributed by atoms with van der Waals surface area (Å²) < 4.78 is 25.7. The number of benzene rings is 1. The molecule has 0 atom stereocenters. The molecular formula is C16H24F2. The van der Waals surface area contributed by atoms with E-state index in [-0.39, 0.29) is 0 Å². The zero-order valence-corrected chi connectivity index (χ0v) is 11.4. The normalized spacial score (nSPS) is 10.8. The van der Waals surface area contributed by atoms with Crippen molar-refractivity contribution in [3.05, 3.63) is 35.4 Å². The first-order valence-electron chi connectivity index (χ1n) is 7.18. The fraction of sp³-hybridized carbons (Fsp3) is 0.625. The van der Waals surface area contributed by atoms with Crippen molar-refractivity contribution in [2.24, 2.45) is 0 Å². The van der Waals surface area contributed by atoms with E-state index < -0.39 is 11.6 Å². The van der Waals surface area contributed by atoms with Crippen LogP contribution in [0.5, 0.6) is 0 Å². The van der Waals surface area contributed by atoms with Crippen LogP contribution in [0, 0.1) is 11.6 Å². The van der Waals surface area contributed by atoms with E-state index in [1.54, 1.807) is 6.07 Å². The van der Waals surface area contributed by atoms with E-state index in [1.165, 1.54) is 57.1 Å². The lowest BCUT2D eigenvalue weighted by atomic mass is 10.0. The topological polar surface area (TPSA) is 0 Å². The first-order valence-corrected chi connectivity index (χ1v) is 7.18. The van der Waals surface area contributed by atoms with Crippen molar-refractivity contribution in [3.63, 3.8) is 0 Å². The Morgan fingerprint density at radius 3 is 2.00 bits per heavy atom. The molecule has 1 rings (SSSR count). The molecule has 0 radical (unpaired) electrons. The molecule has 0 unspecified atom stereocenters. The van der Waals surface area contributed by atoms with Crippen LogP contribution in [0.25, 0.3) is 0 Å². The molecule has 0 bridgehead atoms. The summed E-state index contributed by atoms with van der Waals surface area (Å²) >= 11 is 0. The van der Waals surface area contributed by atoms with Crippen LogP contribution < -0.4 is 0 Å². The van der Waals surface area contributed by atoms with Gasteiger partial charge >= 0.3 is 0 Å². The molecule has 1 aromatic carbocycles. The second-order valence-corrected chi connectivity index (χ2v) is 4.97. The van der Waals surface area contributed by atoms with Crippen molar-refractivity contribution >= 4 is 0 Å². The minimum atomic E-state index is -0.755. The second kappa shape index (κ2) is 9.07. The fourth-order valence-corrected chi connectivity index (χ4v) is 2.16. The van der Waals surface area contributed by atoms with Gasteiger partial charge in [-0.25, -0.2) is 8.78 Å². The Balaban J connectivity index is 2.05. The van der Waals surface area contributed by atoms with Gasteiger partial charge in [-0.1, -0.05) is 57.9 Å². The Bertz CT molecular complexity index is 334. The van der Waals surface area contributed by atoms with Crippen LogP contribution in [0.2, 0.25) is 0 Å². The molecule has 0 aliphatic heterocycles. The highest BCUT2D eigenvalue weighted by molar-refractivity contribution is 5.17. The number of unbranched alkanes of at least 4 members (excludes halogenated alkanes) is 7. The highest BCUT2D eigenvalue weighted by atomic mass is 19.2. The minimum Gasteiger partial charge on any atom is -0.204 e. The lowest BCUT2D eigenvalue weighted by Gasteiger charge is -2.03. The van der Waals surface area contributed by atoms with E-state index in [2.05, 4.69) is 6.92 Å². The largest absolute Gasteiger partial charge is 0.204 e. The molecule has 0 amide bonds. The van der Waals surface area contributed by atoms with Gasteiger partial charge < -0.3 is 0 Å². The SMILES string of the molecule is CCCCCCCCCCc1ccc(F)c(F)c1. The van der Waals surface area contributed by atoms with E-state index in [9.17, 15) is 8.78 Å². The Hall–Kier alpha value is -0.920. The zero-order valence-electron chi connectivity index (χ0n) is 11.4. The van der Waals surface area contributed by atoms with Crippen molar-refractivity contribution in [1.29, 1.82) is 0 Å². The maximum Gasteiger partial charge on any atom is 0.159 e. The van der Waals surface area contributed by atoms with Gasteiger partial charge in [0, 0.05) is 0 Å². The van der Waals surface area contributed by atoms with Gasteiger partial charge in [-0.05, 0) is 30.5 Å². The zero-order chi connectivity index (χ0) is 13.2. The van der Waals surface area contributed by atoms with Crippen LogP contribution in [0.15, 0.2) is 18.2 Å². The molecular weight excluding hydrogens is 230 g/mol. The third-order valence-corrected chi connectivity index (χ3v) is 3.30. The molecule has 0 spiro atoms. The number of rotatable bonds is 9. The molecule has 18 heavy (non-hydrogen) atoms. The molecule has 0 aromatic heterocycles. The predicted molar refractivity (Wildman–Crippen MR) is 72.7 cm³/mol. The highest BCUT2D eigenvalue weighted by Gasteiger charge is 2.02. The van der Waals surface area contributed by atoms with Crippen LogP contribution in [-0.4, -0.2) is 0 Å². The highest BCUT2D eigenvalue weighted by Crippen LogP contribution is 2.13. The van der Waals surface area contributed by atoms with E-state index in [1.807, 2.05) is 0 Å². The number of aryl methyl sites for hydroxylation is 1. The van der Waals surface area contributed by atoms with Crippen LogP contribution in [0.1, 0.15) is 63.9 Å². The van der Waals surface area contributed by atoms with Crippen molar-refractivity contribution < 1.29 is 8.78 Å². The molecule has 0 N–H and O–H groups in total. The summed E-state index contributed by atoms with van der Waals surface area (Å²) in [4.78, 5) is 0. The predicted octanol–water partition coefficient (Wildman–Crippen LogP) is 5.65. The van der Waals surface area contributed by atoms with E-state index in [4.69, 9.17) is 0 Å². The van der Waals surface area contributed by atoms with Gasteiger partial charge in [-0.3, -0.25) is 0 Å². The van der Waals surface area contributed by atoms with Gasteiger partial charge in [0.05, 0.1) is 0 Å². The first-order chi connectivity index (χ1) is 8.74. The van der Waals surface area contributed by atoms with Crippen LogP contribution in [-0.2, 0) is 6.42 Å². The summed E-state index contributed by atoms with van der Waals surface area (Å²) in [5.74, 6) is -1.48. The summed E-state index contributed by atoms with van der Waals surface area (Å²) in [6.45, 7) is 2.22. The average Bonchev–Trinajstić information content (AvgIpc) is 2.37. The maximum atomic E-state index is 13.0. The summed E-state index contributed by atoms with van der Waals surface area (Å²) in [6, 6.07) is 4.21. The Kier molecular flexibility index (Phi) is 7.63. The van der Waals surface area contributed by atoms with Gasteiger partial charge in [-0.15, -0.1) is 0 Å². The van der Waals surface area contributed by atoms with Gasteiger partial charge in [0.2, 0.25) is 0 Å². The summed E-state index contributed by atoms with van der Waals surface area (Å²) in [5.41, 5.74) is 0.903. The maximum absolute atomic E-state index is 13.0. The second-order valence-electron chi connectivity index (χ2n) is 4.97. The number of hydrogen-bond acceptors (Lipinski definition) is 0. The van der Waals surface area contributed by atoms with Crippen molar-refractivity contribution in [2.75, 3.05) is 0 Å². The average molecular weight is 254 g/mol. The van der Waals surface area contributed by atoms with Gasteiger partial charge in [0.1, 0.15) is 0 Å². The van der Waals surface area contributed by atoms with Crippen LogP contribution >= 0.6 is 0 Å². The molecule has 0 aliphatic carbocycles. The van der Waals surface area contributed by atoms with Crippen LogP contribution in [0.3, 0.4) is 0 Å². The molecule has 102 valence electrons. The van der Waals surface area contributed by atoms with E-state index >= 15 is 0 Å². The summed E-state index contributed by atoms with van der Waals surface area (Å²) in [6.07, 6.45) is 11.0. The van der Waals surface area contributed by atoms with Crippen LogP contribution in [0.4, 0.5) is 8.78 Å². The molecule has 1 aromatic rings. The quantitative estimate of drug-likeness (QED) is 0.500. The fourth-order valence-electron chi connectivity index (χ4n) is 2.16. The van der Waals surface area contributed by atoms with Gasteiger partial charge in [0.15, 0.2) is 11.6 Å². The minimum absolute atomic E-state index is 0.730.